The van der Waals surface area contributed by atoms with E-state index in [-0.39, 0.29) is 24.8 Å². The van der Waals surface area contributed by atoms with Crippen LogP contribution in [0.15, 0.2) is 29.6 Å². The number of hydrogen-bond acceptors (Lipinski definition) is 6. The summed E-state index contributed by atoms with van der Waals surface area (Å²) in [5, 5.41) is 7.42. The molecule has 3 amide bonds. The molecule has 0 spiro atoms. The Kier molecular flexibility index (Phi) is 8.30. The van der Waals surface area contributed by atoms with E-state index >= 15 is 0 Å². The number of thiazole rings is 1. The lowest BCUT2D eigenvalue weighted by Gasteiger charge is -2.20. The molecule has 2 aromatic rings. The van der Waals surface area contributed by atoms with Gasteiger partial charge in [-0.25, -0.2) is 14.2 Å². The van der Waals surface area contributed by atoms with Crippen molar-refractivity contribution in [2.45, 2.75) is 32.0 Å². The lowest BCUT2D eigenvalue weighted by atomic mass is 10.1. The molecule has 0 saturated carbocycles. The molecule has 10 heteroatoms. The highest BCUT2D eigenvalue weighted by Gasteiger charge is 2.18. The number of carbonyl (C=O) groups excluding carboxylic acids is 2. The van der Waals surface area contributed by atoms with Gasteiger partial charge in [-0.2, -0.15) is 0 Å². The van der Waals surface area contributed by atoms with Gasteiger partial charge in [-0.1, -0.05) is 12.1 Å². The average Bonchev–Trinajstić information content (AvgIpc) is 3.10. The lowest BCUT2D eigenvalue weighted by Crippen LogP contribution is -2.41. The van der Waals surface area contributed by atoms with E-state index in [1.807, 2.05) is 0 Å². The number of amides is 3. The van der Waals surface area contributed by atoms with E-state index in [1.165, 1.54) is 28.4 Å². The minimum absolute atomic E-state index is 0.177. The molecular weight excluding hydrogens is 383 g/mol. The molecule has 1 aromatic carbocycles. The van der Waals surface area contributed by atoms with Crippen molar-refractivity contribution in [2.24, 2.45) is 11.5 Å². The van der Waals surface area contributed by atoms with Gasteiger partial charge in [0.2, 0.25) is 5.91 Å². The minimum Gasteiger partial charge on any atom is -0.338 e. The third-order valence-electron chi connectivity index (χ3n) is 3.93. The third-order valence-corrected chi connectivity index (χ3v) is 4.73. The predicted molar refractivity (Wildman–Crippen MR) is 107 cm³/mol. The summed E-state index contributed by atoms with van der Waals surface area (Å²) in [7, 11) is 1.66. The van der Waals surface area contributed by atoms with E-state index < -0.39 is 12.1 Å². The van der Waals surface area contributed by atoms with Crippen LogP contribution in [-0.4, -0.2) is 41.5 Å². The molecule has 0 radical (unpaired) electrons. The summed E-state index contributed by atoms with van der Waals surface area (Å²) in [6.07, 6.45) is 1.23. The molecule has 0 saturated heterocycles. The summed E-state index contributed by atoms with van der Waals surface area (Å²) in [5.74, 6) is -0.533. The van der Waals surface area contributed by atoms with Crippen LogP contribution in [0.5, 0.6) is 0 Å². The van der Waals surface area contributed by atoms with Gasteiger partial charge in [-0.15, -0.1) is 11.3 Å². The molecule has 0 fully saturated rings. The second-order valence-corrected chi connectivity index (χ2v) is 7.17. The van der Waals surface area contributed by atoms with Gasteiger partial charge in [0, 0.05) is 19.0 Å². The number of nitrogens with one attached hydrogen (secondary N) is 2. The van der Waals surface area contributed by atoms with Gasteiger partial charge in [-0.3, -0.25) is 10.1 Å². The number of carbonyl (C=O) groups is 2. The fourth-order valence-corrected chi connectivity index (χ4v) is 3.17. The maximum Gasteiger partial charge on any atom is 0.321 e. The van der Waals surface area contributed by atoms with Gasteiger partial charge in [0.15, 0.2) is 5.13 Å². The van der Waals surface area contributed by atoms with Crippen LogP contribution in [-0.2, 0) is 17.9 Å². The van der Waals surface area contributed by atoms with Crippen LogP contribution in [0.1, 0.15) is 24.1 Å². The first-order valence-electron chi connectivity index (χ1n) is 8.83. The van der Waals surface area contributed by atoms with Crippen molar-refractivity contribution in [2.75, 3.05) is 18.9 Å². The molecule has 0 aliphatic heterocycles. The zero-order chi connectivity index (χ0) is 20.5. The number of halogens is 1. The SMILES string of the molecule is CN(Cc1csc(NC(=O)NCc2cccc(F)c2)n1)C(=O)C(N)CCCN. The zero-order valence-electron chi connectivity index (χ0n) is 15.7. The summed E-state index contributed by atoms with van der Waals surface area (Å²) in [6, 6.07) is 4.96. The molecule has 1 unspecified atom stereocenters. The van der Waals surface area contributed by atoms with Crippen LogP contribution in [0.4, 0.5) is 14.3 Å². The van der Waals surface area contributed by atoms with Crippen molar-refractivity contribution in [3.63, 3.8) is 0 Å². The van der Waals surface area contributed by atoms with E-state index in [2.05, 4.69) is 15.6 Å². The number of likely N-dealkylation sites (N-methyl/N-ethyl adjacent to an activating group) is 1. The Morgan fingerprint density at radius 3 is 2.89 bits per heavy atom. The van der Waals surface area contributed by atoms with Crippen LogP contribution >= 0.6 is 11.3 Å². The fourth-order valence-electron chi connectivity index (χ4n) is 2.47. The second-order valence-electron chi connectivity index (χ2n) is 6.31. The Bertz CT molecular complexity index is 800. The summed E-state index contributed by atoms with van der Waals surface area (Å²) < 4.78 is 13.1. The molecule has 28 heavy (non-hydrogen) atoms. The molecule has 1 atom stereocenters. The quantitative estimate of drug-likeness (QED) is 0.502. The second kappa shape index (κ2) is 10.7. The zero-order valence-corrected chi connectivity index (χ0v) is 16.5. The van der Waals surface area contributed by atoms with Gasteiger partial charge in [0.1, 0.15) is 5.82 Å². The first kappa shape index (κ1) is 21.7. The number of aromatic nitrogens is 1. The summed E-state index contributed by atoms with van der Waals surface area (Å²) >= 11 is 1.25. The Balaban J connectivity index is 1.81. The molecule has 0 aliphatic carbocycles. The summed E-state index contributed by atoms with van der Waals surface area (Å²) in [4.78, 5) is 30.0. The van der Waals surface area contributed by atoms with E-state index in [4.69, 9.17) is 11.5 Å². The molecule has 1 heterocycles. The van der Waals surface area contributed by atoms with Crippen molar-refractivity contribution in [1.29, 1.82) is 0 Å². The van der Waals surface area contributed by atoms with Gasteiger partial charge in [0.25, 0.3) is 0 Å². The summed E-state index contributed by atoms with van der Waals surface area (Å²) in [5.41, 5.74) is 12.6. The molecule has 1 aromatic heterocycles. The number of nitrogens with zero attached hydrogens (tertiary/aromatic N) is 2. The topological polar surface area (TPSA) is 126 Å². The number of urea groups is 1. The Labute approximate surface area is 167 Å². The fraction of sp³-hybridized carbons (Fsp3) is 0.389. The minimum atomic E-state index is -0.585. The predicted octanol–water partition coefficient (Wildman–Crippen LogP) is 1.63. The van der Waals surface area contributed by atoms with Gasteiger partial charge < -0.3 is 21.7 Å². The van der Waals surface area contributed by atoms with E-state index in [0.29, 0.717) is 35.8 Å². The first-order valence-corrected chi connectivity index (χ1v) is 9.71. The number of nitrogens with two attached hydrogens (primary N) is 2. The van der Waals surface area contributed by atoms with Crippen molar-refractivity contribution >= 4 is 28.4 Å². The molecular formula is C18H25FN6O2S. The molecule has 8 nitrogen and oxygen atoms in total. The number of hydrogen-bond donors (Lipinski definition) is 4. The number of rotatable bonds is 9. The van der Waals surface area contributed by atoms with E-state index in [1.54, 1.807) is 24.6 Å². The molecule has 0 aliphatic rings. The van der Waals surface area contributed by atoms with Crippen molar-refractivity contribution in [1.82, 2.24) is 15.2 Å². The summed E-state index contributed by atoms with van der Waals surface area (Å²) in [6.45, 7) is 0.977. The Morgan fingerprint density at radius 2 is 2.18 bits per heavy atom. The average molecular weight is 409 g/mol. The van der Waals surface area contributed by atoms with Crippen LogP contribution in [0, 0.1) is 5.82 Å². The number of anilines is 1. The normalized spacial score (nSPS) is 11.7. The van der Waals surface area contributed by atoms with Crippen molar-refractivity contribution in [3.8, 4) is 0 Å². The first-order chi connectivity index (χ1) is 13.4. The Morgan fingerprint density at radius 1 is 1.39 bits per heavy atom. The maximum absolute atomic E-state index is 13.1. The highest BCUT2D eigenvalue weighted by molar-refractivity contribution is 7.13. The maximum atomic E-state index is 13.1. The van der Waals surface area contributed by atoms with Crippen LogP contribution in [0.2, 0.25) is 0 Å². The van der Waals surface area contributed by atoms with E-state index in [0.717, 1.165) is 0 Å². The largest absolute Gasteiger partial charge is 0.338 e. The van der Waals surface area contributed by atoms with Gasteiger partial charge >= 0.3 is 6.03 Å². The van der Waals surface area contributed by atoms with Gasteiger partial charge in [0.05, 0.1) is 18.3 Å². The smallest absolute Gasteiger partial charge is 0.321 e. The third kappa shape index (κ3) is 6.87. The lowest BCUT2D eigenvalue weighted by molar-refractivity contribution is -0.132. The monoisotopic (exact) mass is 408 g/mol. The van der Waals surface area contributed by atoms with Crippen LogP contribution in [0.25, 0.3) is 0 Å². The molecule has 0 bridgehead atoms. The van der Waals surface area contributed by atoms with Crippen molar-refractivity contribution in [3.05, 3.63) is 46.7 Å². The Hall–Kier alpha value is -2.56. The van der Waals surface area contributed by atoms with Crippen LogP contribution < -0.4 is 22.1 Å². The molecule has 6 N–H and O–H groups in total. The molecule has 2 rings (SSSR count). The van der Waals surface area contributed by atoms with Crippen molar-refractivity contribution < 1.29 is 14.0 Å². The van der Waals surface area contributed by atoms with Gasteiger partial charge in [-0.05, 0) is 37.1 Å². The highest BCUT2D eigenvalue weighted by atomic mass is 32.1. The highest BCUT2D eigenvalue weighted by Crippen LogP contribution is 2.17. The number of benzene rings is 1. The van der Waals surface area contributed by atoms with E-state index in [9.17, 15) is 14.0 Å². The molecule has 152 valence electrons. The standard InChI is InChI=1S/C18H25FN6O2S/c1-25(16(26)15(21)6-3-7-20)10-14-11-28-18(23-14)24-17(27)22-9-12-4-2-5-13(19)8-12/h2,4-5,8,11,15H,3,6-7,9-10,20-21H2,1H3,(H2,22,23,24,27). The van der Waals surface area contributed by atoms with Crippen LogP contribution in [0.3, 0.4) is 0 Å².